The zero-order valence-electron chi connectivity index (χ0n) is 3.36. The van der Waals surface area contributed by atoms with Crippen LogP contribution in [0.25, 0.3) is 0 Å². The van der Waals surface area contributed by atoms with E-state index in [1.54, 1.807) is 0 Å². The largest absolute Gasteiger partial charge is 0.300 e. The van der Waals surface area contributed by atoms with Crippen molar-refractivity contribution in [2.24, 2.45) is 0 Å². The van der Waals surface area contributed by atoms with Crippen LogP contribution < -0.4 is 0 Å². The van der Waals surface area contributed by atoms with Crippen molar-refractivity contribution in [1.82, 2.24) is 0 Å². The molecule has 0 fully saturated rings. The van der Waals surface area contributed by atoms with E-state index in [9.17, 15) is 4.79 Å². The molecule has 1 nitrogen and oxygen atoms in total. The zero-order chi connectivity index (χ0) is 3.58. The van der Waals surface area contributed by atoms with E-state index < -0.39 is 0 Å². The number of carbonyl (C=O) groups is 1. The van der Waals surface area contributed by atoms with Gasteiger partial charge >= 0.3 is 0 Å². The molecule has 0 aromatic heterocycles. The van der Waals surface area contributed by atoms with Gasteiger partial charge in [-0.3, -0.25) is 0 Å². The minimum atomic E-state index is 0. The summed E-state index contributed by atoms with van der Waals surface area (Å²) >= 11 is 0. The number of ketones is 1. The molecule has 0 aliphatic heterocycles. The molecule has 0 spiro atoms. The van der Waals surface area contributed by atoms with Gasteiger partial charge in [-0.25, -0.2) is 0 Å². The summed E-state index contributed by atoms with van der Waals surface area (Å²) in [4.78, 5) is 9.44. The molecule has 0 aromatic rings. The predicted octanol–water partition coefficient (Wildman–Crippen LogP) is 0.595. The molecular formula is C3H6OPm. The van der Waals surface area contributed by atoms with Crippen molar-refractivity contribution in [1.29, 1.82) is 0 Å². The average molecular weight is 203 g/mol. The van der Waals surface area contributed by atoms with E-state index in [1.165, 1.54) is 13.8 Å². The second kappa shape index (κ2) is 5.01. The summed E-state index contributed by atoms with van der Waals surface area (Å²) < 4.78 is 0. The molecule has 0 aliphatic rings. The van der Waals surface area contributed by atoms with Crippen LogP contribution in [0.5, 0.6) is 0 Å². The molecule has 0 rings (SSSR count). The van der Waals surface area contributed by atoms with Gasteiger partial charge < -0.3 is 4.79 Å². The molecule has 0 N–H and O–H groups in total. The molecular weight excluding hydrogens is 197 g/mol. The average Bonchev–Trinajstić information content (AvgIpc) is 0.811. The first-order chi connectivity index (χ1) is 1.73. The van der Waals surface area contributed by atoms with E-state index in [4.69, 9.17) is 0 Å². The zero-order valence-corrected chi connectivity index (χ0v) is 6.22. The molecule has 1 radical (unpaired) electrons. The Morgan fingerprint density at radius 2 is 1.40 bits per heavy atom. The summed E-state index contributed by atoms with van der Waals surface area (Å²) in [5.74, 6) is 0.167. The predicted molar refractivity (Wildman–Crippen MR) is 16.4 cm³/mol. The maximum Gasteiger partial charge on any atom is 0.126 e. The molecule has 0 aromatic carbocycles. The molecule has 0 aliphatic carbocycles. The fourth-order valence-electron chi connectivity index (χ4n) is 0. The van der Waals surface area contributed by atoms with Gasteiger partial charge in [0.15, 0.2) is 0 Å². The Hall–Kier alpha value is 1.01. The molecule has 0 saturated carbocycles. The number of hydrogen-bond donors (Lipinski definition) is 0. The Balaban J connectivity index is 0. The number of hydrogen-bond acceptors (Lipinski definition) is 1. The van der Waals surface area contributed by atoms with Crippen LogP contribution in [0.1, 0.15) is 13.8 Å². The van der Waals surface area contributed by atoms with Gasteiger partial charge in [-0.05, 0) is 13.8 Å². The topological polar surface area (TPSA) is 17.1 Å². The van der Waals surface area contributed by atoms with Crippen LogP contribution in [0, 0.1) is 40.4 Å². The SMILES string of the molecule is CC(C)=O.[Pm]. The molecule has 2 heteroatoms. The minimum absolute atomic E-state index is 0. The van der Waals surface area contributed by atoms with Gasteiger partial charge in [0.1, 0.15) is 5.78 Å². The van der Waals surface area contributed by atoms with Crippen molar-refractivity contribution in [3.05, 3.63) is 0 Å². The fraction of sp³-hybridized carbons (Fsp3) is 0.667. The van der Waals surface area contributed by atoms with Crippen molar-refractivity contribution in [3.63, 3.8) is 0 Å². The molecule has 0 heterocycles. The van der Waals surface area contributed by atoms with E-state index in [1.807, 2.05) is 0 Å². The first kappa shape index (κ1) is 9.38. The number of Topliss-reactive ketones (excluding diaryl/α,β-unsaturated/α-hetero) is 1. The number of rotatable bonds is 0. The summed E-state index contributed by atoms with van der Waals surface area (Å²) in [5, 5.41) is 0. The van der Waals surface area contributed by atoms with Gasteiger partial charge in [0, 0.05) is 40.4 Å². The van der Waals surface area contributed by atoms with Gasteiger partial charge in [-0.2, -0.15) is 0 Å². The van der Waals surface area contributed by atoms with E-state index in [0.29, 0.717) is 0 Å². The molecule has 0 saturated heterocycles. The van der Waals surface area contributed by atoms with Crippen LogP contribution in [0.3, 0.4) is 0 Å². The summed E-state index contributed by atoms with van der Waals surface area (Å²) in [6, 6.07) is 0. The number of carbonyl (C=O) groups excluding carboxylic acids is 1. The Labute approximate surface area is 64.2 Å². The quantitative estimate of drug-likeness (QED) is 0.563. The van der Waals surface area contributed by atoms with Crippen LogP contribution in [0.15, 0.2) is 0 Å². The van der Waals surface area contributed by atoms with E-state index in [0.717, 1.165) is 0 Å². The normalized spacial score (nSPS) is 5.20. The third kappa shape index (κ3) is 44.6. The Bertz CT molecular complexity index is 29.9. The smallest absolute Gasteiger partial charge is 0.126 e. The summed E-state index contributed by atoms with van der Waals surface area (Å²) in [5.41, 5.74) is 0. The monoisotopic (exact) mass is 203 g/mol. The second-order valence-electron chi connectivity index (χ2n) is 0.908. The summed E-state index contributed by atoms with van der Waals surface area (Å²) in [7, 11) is 0. The fourth-order valence-corrected chi connectivity index (χ4v) is 0. The summed E-state index contributed by atoms with van der Waals surface area (Å²) in [6.07, 6.45) is 0. The van der Waals surface area contributed by atoms with Crippen molar-refractivity contribution in [2.75, 3.05) is 0 Å². The van der Waals surface area contributed by atoms with Gasteiger partial charge in [0.2, 0.25) is 0 Å². The van der Waals surface area contributed by atoms with E-state index in [-0.39, 0.29) is 46.2 Å². The van der Waals surface area contributed by atoms with Crippen LogP contribution >= 0.6 is 0 Å². The first-order valence-electron chi connectivity index (χ1n) is 1.20. The van der Waals surface area contributed by atoms with Crippen LogP contribution in [0.2, 0.25) is 0 Å². The van der Waals surface area contributed by atoms with Crippen LogP contribution in [0.4, 0.5) is 0 Å². The third-order valence-electron chi connectivity index (χ3n) is 0. The first-order valence-corrected chi connectivity index (χ1v) is 1.20. The molecule has 0 bridgehead atoms. The van der Waals surface area contributed by atoms with E-state index in [2.05, 4.69) is 0 Å². The molecule has 29 valence electrons. The third-order valence-corrected chi connectivity index (χ3v) is 0. The van der Waals surface area contributed by atoms with Crippen molar-refractivity contribution < 1.29 is 45.2 Å². The summed E-state index contributed by atoms with van der Waals surface area (Å²) in [6.45, 7) is 3.06. The van der Waals surface area contributed by atoms with Crippen LogP contribution in [-0.4, -0.2) is 5.78 Å². The van der Waals surface area contributed by atoms with Crippen LogP contribution in [-0.2, 0) is 4.79 Å². The molecule has 5 heavy (non-hydrogen) atoms. The van der Waals surface area contributed by atoms with Crippen molar-refractivity contribution in [3.8, 4) is 0 Å². The Morgan fingerprint density at radius 3 is 1.40 bits per heavy atom. The molecule has 0 unspecified atom stereocenters. The maximum absolute atomic E-state index is 9.44. The Kier molecular flexibility index (Phi) is 9.39. The van der Waals surface area contributed by atoms with Crippen molar-refractivity contribution >= 4 is 5.78 Å². The minimum Gasteiger partial charge on any atom is -0.300 e. The van der Waals surface area contributed by atoms with Gasteiger partial charge in [-0.1, -0.05) is 0 Å². The molecule has 0 atom stereocenters. The van der Waals surface area contributed by atoms with E-state index >= 15 is 0 Å². The maximum atomic E-state index is 9.44. The van der Waals surface area contributed by atoms with Gasteiger partial charge in [0.25, 0.3) is 0 Å². The second-order valence-corrected chi connectivity index (χ2v) is 0.908. The van der Waals surface area contributed by atoms with Crippen molar-refractivity contribution in [2.45, 2.75) is 13.8 Å². The standard InChI is InChI=1S/C3H6O.Pm/c1-3(2)4;/h1-2H3;. The van der Waals surface area contributed by atoms with Gasteiger partial charge in [-0.15, -0.1) is 0 Å². The van der Waals surface area contributed by atoms with Gasteiger partial charge in [0.05, 0.1) is 0 Å². The Morgan fingerprint density at radius 1 is 1.40 bits per heavy atom. The molecule has 0 amide bonds.